The van der Waals surface area contributed by atoms with Crippen molar-refractivity contribution in [2.75, 3.05) is 40.3 Å². The predicted molar refractivity (Wildman–Crippen MR) is 90.6 cm³/mol. The summed E-state index contributed by atoms with van der Waals surface area (Å²) >= 11 is 0. The molecule has 1 aliphatic rings. The fraction of sp³-hybridized carbons (Fsp3) is 0.667. The zero-order valence-corrected chi connectivity index (χ0v) is 14.0. The van der Waals surface area contributed by atoms with E-state index in [1.165, 1.54) is 31.6 Å². The van der Waals surface area contributed by atoms with Crippen molar-refractivity contribution in [1.29, 1.82) is 0 Å². The van der Waals surface area contributed by atoms with Crippen LogP contribution in [0.1, 0.15) is 31.9 Å². The number of nitrogens with one attached hydrogen (secondary N) is 1. The second-order valence-corrected chi connectivity index (χ2v) is 6.58. The van der Waals surface area contributed by atoms with Crippen molar-refractivity contribution in [1.82, 2.24) is 15.1 Å². The van der Waals surface area contributed by atoms with E-state index in [2.05, 4.69) is 73.4 Å². The summed E-state index contributed by atoms with van der Waals surface area (Å²) in [4.78, 5) is 5.01. The van der Waals surface area contributed by atoms with Crippen LogP contribution in [-0.4, -0.2) is 56.1 Å². The van der Waals surface area contributed by atoms with E-state index in [9.17, 15) is 0 Å². The first-order chi connectivity index (χ1) is 10.1. The molecule has 0 bridgehead atoms. The minimum Gasteiger partial charge on any atom is -0.310 e. The maximum atomic E-state index is 3.63. The number of hydrogen-bond acceptors (Lipinski definition) is 3. The zero-order chi connectivity index (χ0) is 15.2. The van der Waals surface area contributed by atoms with E-state index in [0.717, 1.165) is 12.5 Å². The smallest absolute Gasteiger partial charge is 0.0332 e. The van der Waals surface area contributed by atoms with E-state index < -0.39 is 0 Å². The van der Waals surface area contributed by atoms with E-state index in [-0.39, 0.29) is 0 Å². The van der Waals surface area contributed by atoms with E-state index >= 15 is 0 Å². The Morgan fingerprint density at radius 2 is 1.95 bits per heavy atom. The Morgan fingerprint density at radius 1 is 1.24 bits per heavy atom. The minimum atomic E-state index is 0.477. The molecule has 0 amide bonds. The summed E-state index contributed by atoms with van der Waals surface area (Å²) in [6.07, 6.45) is 1.19. The van der Waals surface area contributed by atoms with Crippen LogP contribution in [0.3, 0.4) is 0 Å². The number of likely N-dealkylation sites (N-methyl/N-ethyl adjacent to an activating group) is 1. The molecule has 1 saturated heterocycles. The average molecular weight is 289 g/mol. The van der Waals surface area contributed by atoms with E-state index in [1.807, 2.05) is 0 Å². The highest BCUT2D eigenvalue weighted by molar-refractivity contribution is 5.18. The largest absolute Gasteiger partial charge is 0.310 e. The van der Waals surface area contributed by atoms with Gasteiger partial charge in [0.1, 0.15) is 0 Å². The molecule has 0 radical (unpaired) electrons. The topological polar surface area (TPSA) is 18.5 Å². The summed E-state index contributed by atoms with van der Waals surface area (Å²) in [5.41, 5.74) is 1.41. The summed E-state index contributed by atoms with van der Waals surface area (Å²) in [5, 5.41) is 3.63. The van der Waals surface area contributed by atoms with Gasteiger partial charge in [0.15, 0.2) is 0 Å². The first-order valence-electron chi connectivity index (χ1n) is 8.29. The average Bonchev–Trinajstić information content (AvgIpc) is 2.85. The molecule has 3 nitrogen and oxygen atoms in total. The lowest BCUT2D eigenvalue weighted by Gasteiger charge is -2.24. The SMILES string of the molecule is CCNC(CCN1CC(C)C(N(C)C)C1)c1ccccc1. The molecule has 0 saturated carbocycles. The van der Waals surface area contributed by atoms with Crippen molar-refractivity contribution < 1.29 is 0 Å². The summed E-state index contributed by atoms with van der Waals surface area (Å²) in [6, 6.07) is 12.0. The van der Waals surface area contributed by atoms with Crippen molar-refractivity contribution in [3.63, 3.8) is 0 Å². The molecule has 1 aromatic carbocycles. The fourth-order valence-electron chi connectivity index (χ4n) is 3.53. The van der Waals surface area contributed by atoms with Crippen LogP contribution in [0.15, 0.2) is 30.3 Å². The number of benzene rings is 1. The highest BCUT2D eigenvalue weighted by atomic mass is 15.2. The highest BCUT2D eigenvalue weighted by Crippen LogP contribution is 2.22. The molecule has 21 heavy (non-hydrogen) atoms. The predicted octanol–water partition coefficient (Wildman–Crippen LogP) is 2.61. The number of hydrogen-bond donors (Lipinski definition) is 1. The van der Waals surface area contributed by atoms with Crippen LogP contribution in [-0.2, 0) is 0 Å². The first kappa shape index (κ1) is 16.5. The lowest BCUT2D eigenvalue weighted by molar-refractivity contribution is 0.248. The van der Waals surface area contributed by atoms with Gasteiger partial charge in [0.2, 0.25) is 0 Å². The Labute approximate surface area is 130 Å². The third-order valence-electron chi connectivity index (χ3n) is 4.70. The van der Waals surface area contributed by atoms with Crippen LogP contribution in [0.4, 0.5) is 0 Å². The molecule has 0 spiro atoms. The number of rotatable bonds is 7. The van der Waals surface area contributed by atoms with Crippen molar-refractivity contribution >= 4 is 0 Å². The second kappa shape index (κ2) is 7.92. The normalized spacial score (nSPS) is 24.6. The van der Waals surface area contributed by atoms with Crippen molar-refractivity contribution in [3.05, 3.63) is 35.9 Å². The number of likely N-dealkylation sites (tertiary alicyclic amines) is 1. The zero-order valence-electron chi connectivity index (χ0n) is 14.0. The molecule has 1 heterocycles. The third kappa shape index (κ3) is 4.53. The molecule has 0 aliphatic carbocycles. The quantitative estimate of drug-likeness (QED) is 0.832. The van der Waals surface area contributed by atoms with Crippen LogP contribution >= 0.6 is 0 Å². The van der Waals surface area contributed by atoms with E-state index in [1.54, 1.807) is 0 Å². The van der Waals surface area contributed by atoms with Gasteiger partial charge >= 0.3 is 0 Å². The molecule has 0 aromatic heterocycles. The summed E-state index contributed by atoms with van der Waals surface area (Å²) in [6.45, 7) is 9.22. The van der Waals surface area contributed by atoms with E-state index in [0.29, 0.717) is 12.1 Å². The summed E-state index contributed by atoms with van der Waals surface area (Å²) in [5.74, 6) is 0.773. The molecule has 3 heteroatoms. The summed E-state index contributed by atoms with van der Waals surface area (Å²) < 4.78 is 0. The van der Waals surface area contributed by atoms with Crippen LogP contribution in [0, 0.1) is 5.92 Å². The molecule has 2 rings (SSSR count). The standard InChI is InChI=1S/C18H31N3/c1-5-19-17(16-9-7-6-8-10-16)11-12-21-13-15(2)18(14-21)20(3)4/h6-10,15,17-19H,5,11-14H2,1-4H3. The molecule has 1 aliphatic heterocycles. The minimum absolute atomic E-state index is 0.477. The maximum Gasteiger partial charge on any atom is 0.0332 e. The van der Waals surface area contributed by atoms with Gasteiger partial charge in [-0.3, -0.25) is 0 Å². The van der Waals surface area contributed by atoms with Crippen LogP contribution in [0.5, 0.6) is 0 Å². The van der Waals surface area contributed by atoms with Crippen LogP contribution in [0.25, 0.3) is 0 Å². The van der Waals surface area contributed by atoms with Gasteiger partial charge in [0.05, 0.1) is 0 Å². The Balaban J connectivity index is 1.88. The third-order valence-corrected chi connectivity index (χ3v) is 4.70. The van der Waals surface area contributed by atoms with Crippen LogP contribution in [0.2, 0.25) is 0 Å². The van der Waals surface area contributed by atoms with Gasteiger partial charge in [-0.25, -0.2) is 0 Å². The molecular weight excluding hydrogens is 258 g/mol. The van der Waals surface area contributed by atoms with Crippen molar-refractivity contribution in [3.8, 4) is 0 Å². The Morgan fingerprint density at radius 3 is 2.52 bits per heavy atom. The molecule has 118 valence electrons. The number of nitrogens with zero attached hydrogens (tertiary/aromatic N) is 2. The fourth-order valence-corrected chi connectivity index (χ4v) is 3.53. The van der Waals surface area contributed by atoms with Gasteiger partial charge < -0.3 is 15.1 Å². The second-order valence-electron chi connectivity index (χ2n) is 6.58. The van der Waals surface area contributed by atoms with Gasteiger partial charge in [-0.1, -0.05) is 44.2 Å². The van der Waals surface area contributed by atoms with Crippen molar-refractivity contribution in [2.45, 2.75) is 32.4 Å². The molecule has 3 unspecified atom stereocenters. The molecule has 1 N–H and O–H groups in total. The highest BCUT2D eigenvalue weighted by Gasteiger charge is 2.30. The van der Waals surface area contributed by atoms with Gasteiger partial charge in [-0.2, -0.15) is 0 Å². The molecular formula is C18H31N3. The lowest BCUT2D eigenvalue weighted by atomic mass is 10.0. The summed E-state index contributed by atoms with van der Waals surface area (Å²) in [7, 11) is 4.41. The maximum absolute atomic E-state index is 3.63. The molecule has 3 atom stereocenters. The van der Waals surface area contributed by atoms with Gasteiger partial charge in [-0.05, 0) is 38.5 Å². The van der Waals surface area contributed by atoms with Gasteiger partial charge in [-0.15, -0.1) is 0 Å². The van der Waals surface area contributed by atoms with Gasteiger partial charge in [0.25, 0.3) is 0 Å². The molecule has 1 aromatic rings. The Bertz CT molecular complexity index is 404. The Hall–Kier alpha value is -0.900. The van der Waals surface area contributed by atoms with Crippen LogP contribution < -0.4 is 5.32 Å². The van der Waals surface area contributed by atoms with Crippen molar-refractivity contribution in [2.24, 2.45) is 5.92 Å². The first-order valence-corrected chi connectivity index (χ1v) is 8.29. The lowest BCUT2D eigenvalue weighted by Crippen LogP contribution is -2.35. The Kier molecular flexibility index (Phi) is 6.22. The molecule has 1 fully saturated rings. The van der Waals surface area contributed by atoms with Gasteiger partial charge in [0, 0.05) is 31.7 Å². The van der Waals surface area contributed by atoms with E-state index in [4.69, 9.17) is 0 Å². The monoisotopic (exact) mass is 289 g/mol.